The van der Waals surface area contributed by atoms with Crippen molar-refractivity contribution in [3.63, 3.8) is 0 Å². The zero-order valence-corrected chi connectivity index (χ0v) is 12.9. The molecule has 104 valence electrons. The molecule has 0 heterocycles. The summed E-state index contributed by atoms with van der Waals surface area (Å²) in [6.07, 6.45) is 5.82. The number of nitrogens with one attached hydrogen (secondary N) is 1. The second kappa shape index (κ2) is 6.06. The van der Waals surface area contributed by atoms with Gasteiger partial charge >= 0.3 is 0 Å². The Labute approximate surface area is 123 Å². The summed E-state index contributed by atoms with van der Waals surface area (Å²) in [5.41, 5.74) is 6.08. The standard InChI is InChI=1S/C15H21BrN2O/c1-15(17,11-7-9-12(16)10-8-11)14(19)18-13-5-3-2-4-6-13/h7-10,13H,2-6,17H2,1H3,(H,18,19). The molecule has 1 fully saturated rings. The fraction of sp³-hybridized carbons (Fsp3) is 0.533. The SMILES string of the molecule is CC(N)(C(=O)NC1CCCCC1)c1ccc(Br)cc1. The molecule has 2 rings (SSSR count). The third kappa shape index (κ3) is 3.57. The minimum atomic E-state index is -0.974. The second-order valence-corrected chi connectivity index (χ2v) is 6.43. The summed E-state index contributed by atoms with van der Waals surface area (Å²) in [5, 5.41) is 3.10. The predicted molar refractivity (Wildman–Crippen MR) is 80.7 cm³/mol. The fourth-order valence-corrected chi connectivity index (χ4v) is 2.77. The highest BCUT2D eigenvalue weighted by molar-refractivity contribution is 9.10. The molecule has 1 saturated carbocycles. The van der Waals surface area contributed by atoms with E-state index in [0.717, 1.165) is 22.9 Å². The number of halogens is 1. The van der Waals surface area contributed by atoms with Crippen LogP contribution >= 0.6 is 15.9 Å². The third-order valence-corrected chi connectivity index (χ3v) is 4.38. The van der Waals surface area contributed by atoms with Crippen molar-refractivity contribution in [1.29, 1.82) is 0 Å². The van der Waals surface area contributed by atoms with Gasteiger partial charge in [0.15, 0.2) is 0 Å². The van der Waals surface area contributed by atoms with E-state index in [1.54, 1.807) is 6.92 Å². The molecule has 19 heavy (non-hydrogen) atoms. The Kier molecular flexibility index (Phi) is 4.63. The van der Waals surface area contributed by atoms with Gasteiger partial charge in [0.25, 0.3) is 0 Å². The first-order chi connectivity index (χ1) is 9.00. The third-order valence-electron chi connectivity index (χ3n) is 3.86. The summed E-state index contributed by atoms with van der Waals surface area (Å²) in [6.45, 7) is 1.77. The highest BCUT2D eigenvalue weighted by Crippen LogP contribution is 2.23. The minimum Gasteiger partial charge on any atom is -0.351 e. The molecule has 1 unspecified atom stereocenters. The van der Waals surface area contributed by atoms with Crippen molar-refractivity contribution < 1.29 is 4.79 Å². The topological polar surface area (TPSA) is 55.1 Å². The van der Waals surface area contributed by atoms with Crippen LogP contribution in [0.15, 0.2) is 28.7 Å². The van der Waals surface area contributed by atoms with Gasteiger partial charge in [-0.05, 0) is 37.5 Å². The summed E-state index contributed by atoms with van der Waals surface area (Å²) in [7, 11) is 0. The van der Waals surface area contributed by atoms with Crippen LogP contribution in [0.3, 0.4) is 0 Å². The number of hydrogen-bond acceptors (Lipinski definition) is 2. The molecule has 0 aromatic heterocycles. The number of carbonyl (C=O) groups is 1. The van der Waals surface area contributed by atoms with Gasteiger partial charge in [0.2, 0.25) is 5.91 Å². The van der Waals surface area contributed by atoms with Crippen LogP contribution < -0.4 is 11.1 Å². The number of amides is 1. The average Bonchev–Trinajstić information content (AvgIpc) is 2.40. The van der Waals surface area contributed by atoms with Crippen LogP contribution in [-0.4, -0.2) is 11.9 Å². The molecule has 1 aliphatic rings. The Morgan fingerprint density at radius 1 is 1.26 bits per heavy atom. The predicted octanol–water partition coefficient (Wildman–Crippen LogP) is 3.07. The van der Waals surface area contributed by atoms with E-state index in [4.69, 9.17) is 5.73 Å². The van der Waals surface area contributed by atoms with E-state index in [1.807, 2.05) is 24.3 Å². The molecule has 1 aliphatic carbocycles. The van der Waals surface area contributed by atoms with Gasteiger partial charge < -0.3 is 11.1 Å². The van der Waals surface area contributed by atoms with Crippen molar-refractivity contribution in [2.45, 2.75) is 50.6 Å². The summed E-state index contributed by atoms with van der Waals surface area (Å²) in [5.74, 6) is -0.0817. The first-order valence-electron chi connectivity index (χ1n) is 6.86. The van der Waals surface area contributed by atoms with Gasteiger partial charge in [-0.25, -0.2) is 0 Å². The minimum absolute atomic E-state index is 0.0817. The van der Waals surface area contributed by atoms with Crippen LogP contribution in [0.1, 0.15) is 44.6 Å². The van der Waals surface area contributed by atoms with Gasteiger partial charge in [-0.2, -0.15) is 0 Å². The maximum absolute atomic E-state index is 12.4. The molecule has 1 atom stereocenters. The molecule has 1 amide bonds. The van der Waals surface area contributed by atoms with E-state index in [-0.39, 0.29) is 5.91 Å². The smallest absolute Gasteiger partial charge is 0.244 e. The van der Waals surface area contributed by atoms with E-state index in [0.29, 0.717) is 6.04 Å². The zero-order valence-electron chi connectivity index (χ0n) is 11.3. The molecular formula is C15H21BrN2O. The van der Waals surface area contributed by atoms with Crippen molar-refractivity contribution >= 4 is 21.8 Å². The monoisotopic (exact) mass is 324 g/mol. The molecule has 0 aliphatic heterocycles. The van der Waals surface area contributed by atoms with E-state index in [9.17, 15) is 4.79 Å². The summed E-state index contributed by atoms with van der Waals surface area (Å²) >= 11 is 3.39. The second-order valence-electron chi connectivity index (χ2n) is 5.52. The summed E-state index contributed by atoms with van der Waals surface area (Å²) in [6, 6.07) is 7.90. The van der Waals surface area contributed by atoms with E-state index < -0.39 is 5.54 Å². The van der Waals surface area contributed by atoms with E-state index in [2.05, 4.69) is 21.2 Å². The Morgan fingerprint density at radius 2 is 1.84 bits per heavy atom. The van der Waals surface area contributed by atoms with Crippen molar-refractivity contribution in [2.24, 2.45) is 5.73 Å². The van der Waals surface area contributed by atoms with Crippen LogP contribution in [0, 0.1) is 0 Å². The van der Waals surface area contributed by atoms with Gasteiger partial charge in [-0.15, -0.1) is 0 Å². The maximum Gasteiger partial charge on any atom is 0.244 e. The Morgan fingerprint density at radius 3 is 2.42 bits per heavy atom. The molecule has 1 aromatic carbocycles. The molecule has 3 nitrogen and oxygen atoms in total. The number of rotatable bonds is 3. The van der Waals surface area contributed by atoms with Gasteiger partial charge in [-0.1, -0.05) is 47.3 Å². The molecule has 1 aromatic rings. The lowest BCUT2D eigenvalue weighted by atomic mass is 9.90. The van der Waals surface area contributed by atoms with Crippen LogP contribution in [0.2, 0.25) is 0 Å². The highest BCUT2D eigenvalue weighted by atomic mass is 79.9. The number of hydrogen-bond donors (Lipinski definition) is 2. The molecule has 3 N–H and O–H groups in total. The van der Waals surface area contributed by atoms with Gasteiger partial charge in [0.1, 0.15) is 5.54 Å². The van der Waals surface area contributed by atoms with Crippen molar-refractivity contribution in [3.8, 4) is 0 Å². The first kappa shape index (κ1) is 14.5. The lowest BCUT2D eigenvalue weighted by molar-refractivity contribution is -0.127. The normalized spacial score (nSPS) is 19.7. The van der Waals surface area contributed by atoms with Crippen LogP contribution in [0.25, 0.3) is 0 Å². The largest absolute Gasteiger partial charge is 0.351 e. The molecule has 0 spiro atoms. The van der Waals surface area contributed by atoms with Crippen LogP contribution in [-0.2, 0) is 10.3 Å². The number of carbonyl (C=O) groups excluding carboxylic acids is 1. The van der Waals surface area contributed by atoms with Crippen LogP contribution in [0.4, 0.5) is 0 Å². The zero-order chi connectivity index (χ0) is 13.9. The van der Waals surface area contributed by atoms with Crippen molar-refractivity contribution in [3.05, 3.63) is 34.3 Å². The summed E-state index contributed by atoms with van der Waals surface area (Å²) < 4.78 is 0.986. The maximum atomic E-state index is 12.4. The molecule has 0 bridgehead atoms. The average molecular weight is 325 g/mol. The van der Waals surface area contributed by atoms with Gasteiger partial charge in [-0.3, -0.25) is 4.79 Å². The van der Waals surface area contributed by atoms with Crippen molar-refractivity contribution in [1.82, 2.24) is 5.32 Å². The Bertz CT molecular complexity index is 436. The Balaban J connectivity index is 2.05. The first-order valence-corrected chi connectivity index (χ1v) is 7.65. The highest BCUT2D eigenvalue weighted by Gasteiger charge is 2.32. The van der Waals surface area contributed by atoms with Gasteiger partial charge in [0.05, 0.1) is 0 Å². The molecule has 0 saturated heterocycles. The molecular weight excluding hydrogens is 304 g/mol. The van der Waals surface area contributed by atoms with E-state index in [1.165, 1.54) is 19.3 Å². The molecule has 0 radical (unpaired) electrons. The van der Waals surface area contributed by atoms with Gasteiger partial charge in [0, 0.05) is 10.5 Å². The van der Waals surface area contributed by atoms with Crippen LogP contribution in [0.5, 0.6) is 0 Å². The van der Waals surface area contributed by atoms with E-state index >= 15 is 0 Å². The lowest BCUT2D eigenvalue weighted by Gasteiger charge is -2.29. The van der Waals surface area contributed by atoms with Crippen molar-refractivity contribution in [2.75, 3.05) is 0 Å². The number of nitrogens with two attached hydrogens (primary N) is 1. The number of benzene rings is 1. The lowest BCUT2D eigenvalue weighted by Crippen LogP contribution is -2.52. The Hall–Kier alpha value is -0.870. The fourth-order valence-electron chi connectivity index (χ4n) is 2.51. The molecule has 4 heteroatoms. The quantitative estimate of drug-likeness (QED) is 0.897. The summed E-state index contributed by atoms with van der Waals surface area (Å²) in [4.78, 5) is 12.4.